The Morgan fingerprint density at radius 2 is 1.73 bits per heavy atom. The van der Waals surface area contributed by atoms with E-state index in [0.717, 1.165) is 12.0 Å². The Bertz CT molecular complexity index is 1030. The fourth-order valence-electron chi connectivity index (χ4n) is 4.57. The molecule has 3 rings (SSSR count). The summed E-state index contributed by atoms with van der Waals surface area (Å²) in [6.07, 6.45) is 2.02. The van der Waals surface area contributed by atoms with Gasteiger partial charge in [0, 0.05) is 19.0 Å². The SMILES string of the molecule is Cc1noc(C)c1S(=O)(=O)N1CCC(C(=O)N[C@@H](c2ccc(CC(C)C)cc2)C(C)C)CC1. The number of piperidine rings is 1. The maximum absolute atomic E-state index is 13.1. The molecule has 0 aliphatic carbocycles. The summed E-state index contributed by atoms with van der Waals surface area (Å²) in [4.78, 5) is 13.2. The molecule has 1 fully saturated rings. The van der Waals surface area contributed by atoms with Crippen molar-refractivity contribution >= 4 is 15.9 Å². The Morgan fingerprint density at radius 1 is 1.12 bits per heavy atom. The predicted molar refractivity (Wildman–Crippen MR) is 128 cm³/mol. The Hall–Kier alpha value is -2.19. The van der Waals surface area contributed by atoms with Crippen LogP contribution in [0.15, 0.2) is 33.7 Å². The molecule has 2 heterocycles. The highest BCUT2D eigenvalue weighted by atomic mass is 32.2. The van der Waals surface area contributed by atoms with Crippen molar-refractivity contribution in [2.24, 2.45) is 17.8 Å². The van der Waals surface area contributed by atoms with Gasteiger partial charge in [0.1, 0.15) is 10.6 Å². The van der Waals surface area contributed by atoms with Crippen molar-refractivity contribution in [2.45, 2.75) is 71.7 Å². The van der Waals surface area contributed by atoms with E-state index in [1.807, 2.05) is 0 Å². The maximum atomic E-state index is 13.1. The number of rotatable bonds is 8. The molecule has 1 saturated heterocycles. The molecule has 1 aromatic heterocycles. The van der Waals surface area contributed by atoms with E-state index < -0.39 is 10.0 Å². The number of carbonyl (C=O) groups excluding carboxylic acids is 1. The molecule has 1 atom stereocenters. The molecule has 1 aliphatic rings. The molecule has 33 heavy (non-hydrogen) atoms. The molecule has 8 heteroatoms. The topological polar surface area (TPSA) is 92.5 Å². The highest BCUT2D eigenvalue weighted by Gasteiger charge is 2.36. The number of amides is 1. The van der Waals surface area contributed by atoms with Crippen LogP contribution < -0.4 is 5.32 Å². The van der Waals surface area contributed by atoms with Gasteiger partial charge in [0.2, 0.25) is 15.9 Å². The zero-order valence-corrected chi connectivity index (χ0v) is 21.4. The molecular formula is C25H37N3O4S. The summed E-state index contributed by atoms with van der Waals surface area (Å²) in [5.74, 6) is 0.928. The average Bonchev–Trinajstić information content (AvgIpc) is 3.10. The molecule has 0 saturated carbocycles. The van der Waals surface area contributed by atoms with Crippen LogP contribution >= 0.6 is 0 Å². The smallest absolute Gasteiger partial charge is 0.248 e. The first-order chi connectivity index (χ1) is 15.5. The minimum absolute atomic E-state index is 0.00524. The molecule has 1 N–H and O–H groups in total. The summed E-state index contributed by atoms with van der Waals surface area (Å²) in [5.41, 5.74) is 2.77. The summed E-state index contributed by atoms with van der Waals surface area (Å²) in [7, 11) is -3.68. The molecule has 0 spiro atoms. The van der Waals surface area contributed by atoms with E-state index in [1.165, 1.54) is 9.87 Å². The largest absolute Gasteiger partial charge is 0.360 e. The Morgan fingerprint density at radius 3 is 2.21 bits per heavy atom. The van der Waals surface area contributed by atoms with E-state index in [0.29, 0.717) is 43.3 Å². The third kappa shape index (κ3) is 5.84. The second kappa shape index (κ2) is 10.4. The maximum Gasteiger partial charge on any atom is 0.248 e. The Labute approximate surface area is 198 Å². The van der Waals surface area contributed by atoms with Crippen LogP contribution in [0, 0.1) is 31.6 Å². The zero-order valence-electron chi connectivity index (χ0n) is 20.6. The molecule has 0 unspecified atom stereocenters. The number of benzene rings is 1. The van der Waals surface area contributed by atoms with Gasteiger partial charge < -0.3 is 9.84 Å². The van der Waals surface area contributed by atoms with Crippen LogP contribution in [0.2, 0.25) is 0 Å². The predicted octanol–water partition coefficient (Wildman–Crippen LogP) is 4.40. The highest BCUT2D eigenvalue weighted by molar-refractivity contribution is 7.89. The quantitative estimate of drug-likeness (QED) is 0.611. The van der Waals surface area contributed by atoms with Crippen LogP contribution in [-0.4, -0.2) is 36.9 Å². The first-order valence-corrected chi connectivity index (χ1v) is 13.3. The first-order valence-electron chi connectivity index (χ1n) is 11.8. The number of hydrogen-bond donors (Lipinski definition) is 1. The number of hydrogen-bond acceptors (Lipinski definition) is 5. The summed E-state index contributed by atoms with van der Waals surface area (Å²) in [6.45, 7) is 12.5. The van der Waals surface area contributed by atoms with Gasteiger partial charge in [0.05, 0.1) is 6.04 Å². The molecular weight excluding hydrogens is 438 g/mol. The molecule has 7 nitrogen and oxygen atoms in total. The lowest BCUT2D eigenvalue weighted by Crippen LogP contribution is -2.44. The van der Waals surface area contributed by atoms with Crippen LogP contribution in [0.25, 0.3) is 0 Å². The lowest BCUT2D eigenvalue weighted by Gasteiger charge is -2.32. The molecule has 0 bridgehead atoms. The number of sulfonamides is 1. The van der Waals surface area contributed by atoms with Gasteiger partial charge in [0.15, 0.2) is 5.76 Å². The number of aromatic nitrogens is 1. The van der Waals surface area contributed by atoms with Gasteiger partial charge in [-0.05, 0) is 56.1 Å². The van der Waals surface area contributed by atoms with Gasteiger partial charge in [-0.3, -0.25) is 4.79 Å². The monoisotopic (exact) mass is 475 g/mol. The lowest BCUT2D eigenvalue weighted by molar-refractivity contribution is -0.127. The van der Waals surface area contributed by atoms with Gasteiger partial charge in [0.25, 0.3) is 0 Å². The highest BCUT2D eigenvalue weighted by Crippen LogP contribution is 2.29. The van der Waals surface area contributed by atoms with Crippen molar-refractivity contribution in [2.75, 3.05) is 13.1 Å². The van der Waals surface area contributed by atoms with Gasteiger partial charge in [-0.15, -0.1) is 0 Å². The van der Waals surface area contributed by atoms with Crippen molar-refractivity contribution in [1.82, 2.24) is 14.8 Å². The van der Waals surface area contributed by atoms with Crippen LogP contribution in [0.5, 0.6) is 0 Å². The molecule has 0 radical (unpaired) electrons. The van der Waals surface area contributed by atoms with Crippen LogP contribution in [-0.2, 0) is 21.2 Å². The van der Waals surface area contributed by atoms with Crippen molar-refractivity contribution in [3.8, 4) is 0 Å². The molecule has 1 aliphatic heterocycles. The molecule has 2 aromatic rings. The zero-order chi connectivity index (χ0) is 24.3. The summed E-state index contributed by atoms with van der Waals surface area (Å²) < 4.78 is 32.6. The van der Waals surface area contributed by atoms with Crippen molar-refractivity contribution < 1.29 is 17.7 Å². The van der Waals surface area contributed by atoms with Gasteiger partial charge in [-0.1, -0.05) is 57.1 Å². The average molecular weight is 476 g/mol. The van der Waals surface area contributed by atoms with Gasteiger partial charge in [-0.2, -0.15) is 4.31 Å². The van der Waals surface area contributed by atoms with E-state index in [9.17, 15) is 13.2 Å². The first kappa shape index (κ1) is 25.4. The fourth-order valence-corrected chi connectivity index (χ4v) is 6.33. The van der Waals surface area contributed by atoms with Gasteiger partial charge in [-0.25, -0.2) is 8.42 Å². The van der Waals surface area contributed by atoms with Crippen LogP contribution in [0.4, 0.5) is 0 Å². The van der Waals surface area contributed by atoms with E-state index in [-0.39, 0.29) is 28.7 Å². The van der Waals surface area contributed by atoms with Crippen molar-refractivity contribution in [1.29, 1.82) is 0 Å². The summed E-state index contributed by atoms with van der Waals surface area (Å²) in [6, 6.07) is 8.45. The fraction of sp³-hybridized carbons (Fsp3) is 0.600. The number of aryl methyl sites for hydroxylation is 2. The standard InChI is InChI=1S/C25H37N3O4S/c1-16(2)15-20-7-9-21(10-8-20)23(17(3)4)26-25(29)22-11-13-28(14-12-22)33(30,31)24-18(5)27-32-19(24)6/h7-10,16-17,22-23H,11-15H2,1-6H3,(H,26,29)/t23-/m1/s1. The number of carbonyl (C=O) groups is 1. The van der Waals surface area contributed by atoms with E-state index in [2.05, 4.69) is 62.4 Å². The second-order valence-corrected chi connectivity index (χ2v) is 11.8. The van der Waals surface area contributed by atoms with Gasteiger partial charge >= 0.3 is 0 Å². The number of nitrogens with zero attached hydrogens (tertiary/aromatic N) is 2. The lowest BCUT2D eigenvalue weighted by atomic mass is 9.91. The van der Waals surface area contributed by atoms with E-state index in [4.69, 9.17) is 4.52 Å². The van der Waals surface area contributed by atoms with E-state index >= 15 is 0 Å². The minimum atomic E-state index is -3.68. The van der Waals surface area contributed by atoms with Crippen LogP contribution in [0.1, 0.15) is 69.2 Å². The Kier molecular flexibility index (Phi) is 8.00. The second-order valence-electron chi connectivity index (χ2n) is 9.90. The summed E-state index contributed by atoms with van der Waals surface area (Å²) in [5, 5.41) is 7.00. The Balaban J connectivity index is 1.63. The molecule has 182 valence electrons. The van der Waals surface area contributed by atoms with Crippen molar-refractivity contribution in [3.63, 3.8) is 0 Å². The summed E-state index contributed by atoms with van der Waals surface area (Å²) >= 11 is 0. The molecule has 1 amide bonds. The van der Waals surface area contributed by atoms with Crippen molar-refractivity contribution in [3.05, 3.63) is 46.8 Å². The normalized spacial score (nSPS) is 17.0. The van der Waals surface area contributed by atoms with E-state index in [1.54, 1.807) is 13.8 Å². The molecule has 1 aromatic carbocycles. The minimum Gasteiger partial charge on any atom is -0.360 e. The number of nitrogens with one attached hydrogen (secondary N) is 1. The van der Waals surface area contributed by atoms with Crippen LogP contribution in [0.3, 0.4) is 0 Å². The third-order valence-electron chi connectivity index (χ3n) is 6.34. The third-order valence-corrected chi connectivity index (χ3v) is 8.48.